The largest absolute Gasteiger partial charge is 0.423 e. The monoisotopic (exact) mass is 596 g/mol. The van der Waals surface area contributed by atoms with Crippen LogP contribution in [0.4, 0.5) is 8.78 Å². The molecule has 4 aromatic carbocycles. The summed E-state index contributed by atoms with van der Waals surface area (Å²) < 4.78 is 38.1. The predicted molar refractivity (Wildman–Crippen MR) is 170 cm³/mol. The van der Waals surface area contributed by atoms with Crippen LogP contribution < -0.4 is 9.47 Å². The lowest BCUT2D eigenvalue weighted by Crippen LogP contribution is -2.07. The third kappa shape index (κ3) is 9.42. The molecule has 0 radical (unpaired) electrons. The van der Waals surface area contributed by atoms with E-state index >= 15 is 0 Å². The van der Waals surface area contributed by atoms with Crippen LogP contribution in [-0.2, 0) is 9.59 Å². The fourth-order valence-electron chi connectivity index (χ4n) is 3.60. The van der Waals surface area contributed by atoms with Gasteiger partial charge in [-0.05, 0) is 105 Å². The first kappa shape index (κ1) is 31.8. The smallest absolute Gasteiger partial charge is 0.338 e. The van der Waals surface area contributed by atoms with Crippen LogP contribution >= 0.6 is 0 Å². The lowest BCUT2D eigenvalue weighted by atomic mass is 10.0. The van der Waals surface area contributed by atoms with Gasteiger partial charge in [0.2, 0.25) is 0 Å². The van der Waals surface area contributed by atoms with E-state index in [-0.39, 0.29) is 16.7 Å². The van der Waals surface area contributed by atoms with E-state index < -0.39 is 18.4 Å². The van der Waals surface area contributed by atoms with E-state index in [2.05, 4.69) is 48.7 Å². The number of halogens is 2. The molecule has 0 aliphatic carbocycles. The molecule has 0 saturated heterocycles. The number of benzene rings is 4. The first-order valence-electron chi connectivity index (χ1n) is 13.6. The minimum absolute atomic E-state index is 0.209. The van der Waals surface area contributed by atoms with Gasteiger partial charge in [0.05, 0.1) is 0 Å². The maximum absolute atomic E-state index is 13.9. The molecule has 0 unspecified atom stereocenters. The number of hydrogen-bond donors (Lipinski definition) is 0. The van der Waals surface area contributed by atoms with Crippen LogP contribution in [0.2, 0.25) is 0 Å². The number of alkyl halides is 2. The Balaban J connectivity index is 1.42. The van der Waals surface area contributed by atoms with Gasteiger partial charge in [0, 0.05) is 50.1 Å². The highest BCUT2D eigenvalue weighted by Gasteiger charge is 2.12. The molecule has 0 spiro atoms. The van der Waals surface area contributed by atoms with Crippen LogP contribution in [0.25, 0.3) is 0 Å². The standard InChI is InChI=1S/C39H26F2O4/c1-26(2)38(42)44-34-21-15-30(16-22-34)10-7-28-5-8-29(9-6-28)13-19-33-20-14-32(25-36(33)37(40)41)12-11-31-17-23-35(24-18-31)45-39(43)27(3)4/h5-6,8-9,14-18,20-25,37H,1,3H2,2,4H3. The number of esters is 2. The molecule has 4 aromatic rings. The zero-order chi connectivity index (χ0) is 32.3. The Hall–Kier alpha value is -6.16. The minimum atomic E-state index is -2.73. The van der Waals surface area contributed by atoms with E-state index in [1.165, 1.54) is 12.1 Å². The van der Waals surface area contributed by atoms with Gasteiger partial charge in [-0.25, -0.2) is 18.4 Å². The molecule has 0 aliphatic heterocycles. The number of carbonyl (C=O) groups is 2. The molecule has 0 atom stereocenters. The number of carbonyl (C=O) groups excluding carboxylic acids is 2. The molecule has 220 valence electrons. The zero-order valence-electron chi connectivity index (χ0n) is 24.5. The van der Waals surface area contributed by atoms with Gasteiger partial charge < -0.3 is 9.47 Å². The topological polar surface area (TPSA) is 52.6 Å². The van der Waals surface area contributed by atoms with Gasteiger partial charge in [-0.3, -0.25) is 0 Å². The molecule has 0 heterocycles. The van der Waals surface area contributed by atoms with Gasteiger partial charge in [-0.1, -0.05) is 48.7 Å². The van der Waals surface area contributed by atoms with Crippen molar-refractivity contribution in [2.45, 2.75) is 20.3 Å². The summed E-state index contributed by atoms with van der Waals surface area (Å²) >= 11 is 0. The third-order valence-electron chi connectivity index (χ3n) is 6.04. The van der Waals surface area contributed by atoms with Gasteiger partial charge in [-0.15, -0.1) is 0 Å². The average molecular weight is 597 g/mol. The Morgan fingerprint density at radius 2 is 0.889 bits per heavy atom. The van der Waals surface area contributed by atoms with Crippen LogP contribution in [0.5, 0.6) is 11.5 Å². The van der Waals surface area contributed by atoms with E-state index in [0.717, 1.165) is 11.1 Å². The quantitative estimate of drug-likeness (QED) is 0.102. The zero-order valence-corrected chi connectivity index (χ0v) is 24.5. The van der Waals surface area contributed by atoms with E-state index in [4.69, 9.17) is 9.47 Å². The molecule has 0 aliphatic rings. The van der Waals surface area contributed by atoms with Crippen molar-refractivity contribution < 1.29 is 27.8 Å². The van der Waals surface area contributed by atoms with Crippen LogP contribution in [-0.4, -0.2) is 11.9 Å². The summed E-state index contributed by atoms with van der Waals surface area (Å²) in [6, 6.07) is 25.0. The molecular weight excluding hydrogens is 570 g/mol. The highest BCUT2D eigenvalue weighted by atomic mass is 19.3. The van der Waals surface area contributed by atoms with Crippen molar-refractivity contribution in [3.8, 4) is 47.0 Å². The van der Waals surface area contributed by atoms with Crippen molar-refractivity contribution in [1.29, 1.82) is 0 Å². The van der Waals surface area contributed by atoms with Crippen LogP contribution in [0.15, 0.2) is 115 Å². The fourth-order valence-corrected chi connectivity index (χ4v) is 3.60. The Bertz CT molecular complexity index is 1950. The molecule has 0 bridgehead atoms. The average Bonchev–Trinajstić information content (AvgIpc) is 3.03. The summed E-state index contributed by atoms with van der Waals surface area (Å²) in [6.45, 7) is 10.2. The maximum atomic E-state index is 13.9. The van der Waals surface area contributed by atoms with E-state index in [9.17, 15) is 18.4 Å². The molecule has 0 saturated carbocycles. The summed E-state index contributed by atoms with van der Waals surface area (Å²) in [7, 11) is 0. The van der Waals surface area contributed by atoms with Crippen LogP contribution in [0.3, 0.4) is 0 Å². The Morgan fingerprint density at radius 1 is 0.556 bits per heavy atom. The Labute approximate surface area is 261 Å². The van der Waals surface area contributed by atoms with Gasteiger partial charge in [-0.2, -0.15) is 0 Å². The molecule has 0 N–H and O–H groups in total. The van der Waals surface area contributed by atoms with Gasteiger partial charge in [0.25, 0.3) is 6.43 Å². The van der Waals surface area contributed by atoms with E-state index in [1.807, 2.05) is 0 Å². The highest BCUT2D eigenvalue weighted by Crippen LogP contribution is 2.24. The molecule has 6 heteroatoms. The molecule has 45 heavy (non-hydrogen) atoms. The molecule has 4 nitrogen and oxygen atoms in total. The Kier molecular flexibility index (Phi) is 10.5. The molecular formula is C39H26F2O4. The third-order valence-corrected chi connectivity index (χ3v) is 6.04. The van der Waals surface area contributed by atoms with E-state index in [1.54, 1.807) is 92.7 Å². The second-order valence-electron chi connectivity index (χ2n) is 9.82. The van der Waals surface area contributed by atoms with Crippen molar-refractivity contribution in [3.05, 3.63) is 154 Å². The van der Waals surface area contributed by atoms with E-state index in [0.29, 0.717) is 33.8 Å². The first-order valence-corrected chi connectivity index (χ1v) is 13.6. The van der Waals surface area contributed by atoms with Gasteiger partial charge in [0.1, 0.15) is 11.5 Å². The van der Waals surface area contributed by atoms with Crippen molar-refractivity contribution >= 4 is 11.9 Å². The highest BCUT2D eigenvalue weighted by molar-refractivity contribution is 5.89. The number of hydrogen-bond acceptors (Lipinski definition) is 4. The second-order valence-corrected chi connectivity index (χ2v) is 9.82. The SMILES string of the molecule is C=C(C)C(=O)Oc1ccc(C#Cc2ccc(C#Cc3ccc(C#Cc4ccc(OC(=O)C(=C)C)cc4)cc3C(F)F)cc2)cc1. The van der Waals surface area contributed by atoms with Gasteiger partial charge >= 0.3 is 11.9 Å². The van der Waals surface area contributed by atoms with Crippen molar-refractivity contribution in [2.75, 3.05) is 0 Å². The maximum Gasteiger partial charge on any atom is 0.338 e. The normalized spacial score (nSPS) is 9.80. The first-order chi connectivity index (χ1) is 21.6. The number of rotatable bonds is 5. The molecule has 0 amide bonds. The summed E-state index contributed by atoms with van der Waals surface area (Å²) in [5.41, 5.74) is 3.77. The molecule has 4 rings (SSSR count). The summed E-state index contributed by atoms with van der Waals surface area (Å²) in [5.74, 6) is 17.4. The van der Waals surface area contributed by atoms with Crippen molar-refractivity contribution in [1.82, 2.24) is 0 Å². The summed E-state index contributed by atoms with van der Waals surface area (Å²) in [5, 5.41) is 0. The second kappa shape index (κ2) is 14.8. The minimum Gasteiger partial charge on any atom is -0.423 e. The molecule has 0 fully saturated rings. The van der Waals surface area contributed by atoms with Crippen molar-refractivity contribution in [2.24, 2.45) is 0 Å². The summed E-state index contributed by atoms with van der Waals surface area (Å²) in [4.78, 5) is 23.3. The van der Waals surface area contributed by atoms with Crippen molar-refractivity contribution in [3.63, 3.8) is 0 Å². The van der Waals surface area contributed by atoms with Crippen LogP contribution in [0, 0.1) is 35.5 Å². The lowest BCUT2D eigenvalue weighted by molar-refractivity contribution is -0.130. The van der Waals surface area contributed by atoms with Crippen LogP contribution in [0.1, 0.15) is 59.2 Å². The molecule has 0 aromatic heterocycles. The lowest BCUT2D eigenvalue weighted by Gasteiger charge is -2.04. The fraction of sp³-hybridized carbons (Fsp3) is 0.0769. The van der Waals surface area contributed by atoms with Gasteiger partial charge in [0.15, 0.2) is 0 Å². The number of ether oxygens (including phenoxy) is 2. The predicted octanol–water partition coefficient (Wildman–Crippen LogP) is 7.79. The summed E-state index contributed by atoms with van der Waals surface area (Å²) in [6.07, 6.45) is -2.73. The Morgan fingerprint density at radius 3 is 1.27 bits per heavy atom.